The molecule has 0 bridgehead atoms. The van der Waals surface area contributed by atoms with E-state index in [2.05, 4.69) is 0 Å². The van der Waals surface area contributed by atoms with Gasteiger partial charge in [-0.1, -0.05) is 30.7 Å². The third kappa shape index (κ3) is 2.69. The molecule has 6 unspecified atom stereocenters. The number of benzene rings is 1. The molecule has 1 N–H and O–H groups in total. The van der Waals surface area contributed by atoms with Crippen LogP contribution in [0.1, 0.15) is 37.7 Å². The summed E-state index contributed by atoms with van der Waals surface area (Å²) in [6.07, 6.45) is 2.86. The first-order valence-electron chi connectivity index (χ1n) is 11.1. The Hall–Kier alpha value is -2.38. The van der Waals surface area contributed by atoms with Gasteiger partial charge in [0.15, 0.2) is 9.75 Å². The molecule has 0 spiro atoms. The van der Waals surface area contributed by atoms with E-state index in [1.54, 1.807) is 12.1 Å². The molecule has 174 valence electrons. The van der Waals surface area contributed by atoms with Crippen molar-refractivity contribution in [3.8, 4) is 5.75 Å². The smallest absolute Gasteiger partial charge is 0.253 e. The number of aromatic hydroxyl groups is 1. The fourth-order valence-electron chi connectivity index (χ4n) is 6.33. The van der Waals surface area contributed by atoms with Crippen LogP contribution in [-0.2, 0) is 19.2 Å². The SMILES string of the molecule is CCCN1C(=O)C2CC=C3C(CC4(Cl)C(=O)N(C)C(=O)C4(Cl)C3c3cccc(O)c3)C2C1=O. The van der Waals surface area contributed by atoms with Crippen molar-refractivity contribution in [2.75, 3.05) is 13.6 Å². The summed E-state index contributed by atoms with van der Waals surface area (Å²) in [6, 6.07) is 6.36. The lowest BCUT2D eigenvalue weighted by Crippen LogP contribution is -2.60. The molecular formula is C24H24Cl2N2O5. The first-order valence-corrected chi connectivity index (χ1v) is 11.9. The molecule has 3 fully saturated rings. The minimum Gasteiger partial charge on any atom is -0.508 e. The number of rotatable bonds is 3. The largest absolute Gasteiger partial charge is 0.508 e. The Morgan fingerprint density at radius 3 is 2.48 bits per heavy atom. The van der Waals surface area contributed by atoms with Crippen LogP contribution in [0, 0.1) is 17.8 Å². The molecule has 2 heterocycles. The van der Waals surface area contributed by atoms with Crippen LogP contribution in [-0.4, -0.2) is 61.9 Å². The molecule has 1 aromatic rings. The van der Waals surface area contributed by atoms with Gasteiger partial charge in [0.2, 0.25) is 11.8 Å². The zero-order valence-corrected chi connectivity index (χ0v) is 19.8. The number of fused-ring (bicyclic) bond motifs is 4. The first-order chi connectivity index (χ1) is 15.6. The van der Waals surface area contributed by atoms with Crippen molar-refractivity contribution in [2.45, 2.75) is 41.9 Å². The summed E-state index contributed by atoms with van der Waals surface area (Å²) in [5, 5.41) is 10.2. The average Bonchev–Trinajstić information content (AvgIpc) is 3.09. The van der Waals surface area contributed by atoms with Gasteiger partial charge >= 0.3 is 0 Å². The standard InChI is InChI=1S/C24H24Cl2N2O5/c1-3-9-28-19(30)15-8-7-14-16(17(15)20(28)31)11-23(25)21(32)27(2)22(33)24(23,26)18(14)12-5-4-6-13(29)10-12/h4-7,10,15-18,29H,3,8-9,11H2,1-2H3. The molecule has 33 heavy (non-hydrogen) atoms. The maximum atomic E-state index is 13.4. The lowest BCUT2D eigenvalue weighted by molar-refractivity contribution is -0.141. The van der Waals surface area contributed by atoms with Crippen molar-refractivity contribution in [3.05, 3.63) is 41.5 Å². The van der Waals surface area contributed by atoms with Gasteiger partial charge in [0.25, 0.3) is 11.8 Å². The molecular weight excluding hydrogens is 467 g/mol. The number of hydrogen-bond donors (Lipinski definition) is 1. The van der Waals surface area contributed by atoms with E-state index in [0.29, 0.717) is 24.9 Å². The highest BCUT2D eigenvalue weighted by Gasteiger charge is 2.75. The van der Waals surface area contributed by atoms with Gasteiger partial charge in [-0.3, -0.25) is 29.0 Å². The fourth-order valence-corrected chi connectivity index (χ4v) is 7.35. The van der Waals surface area contributed by atoms with Gasteiger partial charge in [0.05, 0.1) is 11.8 Å². The Morgan fingerprint density at radius 2 is 1.82 bits per heavy atom. The molecule has 6 atom stereocenters. The number of halogens is 2. The van der Waals surface area contributed by atoms with Gasteiger partial charge in [-0.2, -0.15) is 0 Å². The second-order valence-electron chi connectivity index (χ2n) is 9.42. The summed E-state index contributed by atoms with van der Waals surface area (Å²) in [4.78, 5) is 51.7. The second kappa shape index (κ2) is 7.31. The number of phenols is 1. The van der Waals surface area contributed by atoms with Gasteiger partial charge in [0, 0.05) is 19.5 Å². The molecule has 0 radical (unpaired) electrons. The van der Waals surface area contributed by atoms with Gasteiger partial charge in [-0.05, 0) is 42.9 Å². The molecule has 0 aromatic heterocycles. The van der Waals surface area contributed by atoms with Crippen molar-refractivity contribution in [2.24, 2.45) is 17.8 Å². The Kier molecular flexibility index (Phi) is 4.96. The lowest BCUT2D eigenvalue weighted by Gasteiger charge is -2.50. The number of allylic oxidation sites excluding steroid dienone is 2. The number of carbonyl (C=O) groups excluding carboxylic acids is 4. The summed E-state index contributed by atoms with van der Waals surface area (Å²) in [6.45, 7) is 2.24. The maximum Gasteiger partial charge on any atom is 0.253 e. The third-order valence-electron chi connectivity index (χ3n) is 7.76. The topological polar surface area (TPSA) is 95.0 Å². The summed E-state index contributed by atoms with van der Waals surface area (Å²) >= 11 is 14.1. The molecule has 2 aliphatic heterocycles. The predicted octanol–water partition coefficient (Wildman–Crippen LogP) is 2.79. The van der Waals surface area contributed by atoms with Crippen LogP contribution >= 0.6 is 23.2 Å². The molecule has 2 aliphatic carbocycles. The highest BCUT2D eigenvalue weighted by atomic mass is 35.5. The fraction of sp³-hybridized carbons (Fsp3) is 0.500. The molecule has 1 saturated carbocycles. The summed E-state index contributed by atoms with van der Waals surface area (Å²) in [5.41, 5.74) is 1.26. The molecule has 4 amide bonds. The van der Waals surface area contributed by atoms with Gasteiger partial charge in [-0.15, -0.1) is 23.2 Å². The zero-order chi connectivity index (χ0) is 23.9. The van der Waals surface area contributed by atoms with Crippen molar-refractivity contribution >= 4 is 46.8 Å². The predicted molar refractivity (Wildman–Crippen MR) is 121 cm³/mol. The van der Waals surface area contributed by atoms with E-state index in [1.165, 1.54) is 24.1 Å². The highest BCUT2D eigenvalue weighted by Crippen LogP contribution is 2.65. The van der Waals surface area contributed by atoms with Crippen LogP contribution in [0.3, 0.4) is 0 Å². The maximum absolute atomic E-state index is 13.4. The van der Waals surface area contributed by atoms with E-state index in [9.17, 15) is 24.3 Å². The lowest BCUT2D eigenvalue weighted by atomic mass is 9.56. The quantitative estimate of drug-likeness (QED) is 0.399. The summed E-state index contributed by atoms with van der Waals surface area (Å²) in [5.74, 6) is -4.24. The number of nitrogens with zero attached hydrogens (tertiary/aromatic N) is 2. The molecule has 9 heteroatoms. The van der Waals surface area contributed by atoms with Crippen LogP contribution in [0.5, 0.6) is 5.75 Å². The van der Waals surface area contributed by atoms with E-state index < -0.39 is 45.2 Å². The molecule has 4 aliphatic rings. The van der Waals surface area contributed by atoms with E-state index in [0.717, 1.165) is 10.5 Å². The van der Waals surface area contributed by atoms with Gasteiger partial charge in [-0.25, -0.2) is 0 Å². The monoisotopic (exact) mass is 490 g/mol. The number of amides is 4. The molecule has 7 nitrogen and oxygen atoms in total. The Morgan fingerprint density at radius 1 is 1.09 bits per heavy atom. The minimum atomic E-state index is -1.82. The van der Waals surface area contributed by atoms with Crippen molar-refractivity contribution in [1.29, 1.82) is 0 Å². The van der Waals surface area contributed by atoms with E-state index in [1.807, 2.05) is 13.0 Å². The average molecular weight is 491 g/mol. The molecule has 5 rings (SSSR count). The summed E-state index contributed by atoms with van der Waals surface area (Å²) in [7, 11) is 1.35. The van der Waals surface area contributed by atoms with Crippen molar-refractivity contribution < 1.29 is 24.3 Å². The highest BCUT2D eigenvalue weighted by molar-refractivity contribution is 6.53. The van der Waals surface area contributed by atoms with Crippen LogP contribution in [0.25, 0.3) is 0 Å². The Bertz CT molecular complexity index is 1140. The number of hydrogen-bond acceptors (Lipinski definition) is 5. The van der Waals surface area contributed by atoms with Gasteiger partial charge in [0.1, 0.15) is 5.75 Å². The number of carbonyl (C=O) groups is 4. The van der Waals surface area contributed by atoms with Crippen LogP contribution in [0.15, 0.2) is 35.9 Å². The van der Waals surface area contributed by atoms with Crippen LogP contribution in [0.4, 0.5) is 0 Å². The van der Waals surface area contributed by atoms with E-state index in [4.69, 9.17) is 23.2 Å². The van der Waals surface area contributed by atoms with Crippen molar-refractivity contribution in [3.63, 3.8) is 0 Å². The van der Waals surface area contributed by atoms with Gasteiger partial charge < -0.3 is 5.11 Å². The van der Waals surface area contributed by atoms with Crippen LogP contribution in [0.2, 0.25) is 0 Å². The molecule has 2 saturated heterocycles. The first kappa shape index (κ1) is 22.4. The number of likely N-dealkylation sites (tertiary alicyclic amines) is 2. The molecule has 1 aromatic carbocycles. The van der Waals surface area contributed by atoms with E-state index >= 15 is 0 Å². The minimum absolute atomic E-state index is 0.0179. The number of phenolic OH excluding ortho intramolecular Hbond substituents is 1. The Labute approximate surface area is 201 Å². The Balaban J connectivity index is 1.71. The third-order valence-corrected chi connectivity index (χ3v) is 9.17. The summed E-state index contributed by atoms with van der Waals surface area (Å²) < 4.78 is 0. The van der Waals surface area contributed by atoms with Crippen LogP contribution < -0.4 is 0 Å². The number of imide groups is 2. The van der Waals surface area contributed by atoms with Crippen molar-refractivity contribution in [1.82, 2.24) is 9.80 Å². The number of alkyl halides is 2. The second-order valence-corrected chi connectivity index (χ2v) is 10.7. The van der Waals surface area contributed by atoms with E-state index in [-0.39, 0.29) is 24.0 Å². The zero-order valence-electron chi connectivity index (χ0n) is 18.3. The normalized spacial score (nSPS) is 37.8.